The Morgan fingerprint density at radius 1 is 1.00 bits per heavy atom. The molecule has 1 heterocycles. The molecular formula is C17H22BrN3. The predicted molar refractivity (Wildman–Crippen MR) is 91.7 cm³/mol. The van der Waals surface area contributed by atoms with Gasteiger partial charge >= 0.3 is 0 Å². The van der Waals surface area contributed by atoms with E-state index in [-0.39, 0.29) is 0 Å². The van der Waals surface area contributed by atoms with Crippen LogP contribution in [0.2, 0.25) is 0 Å². The van der Waals surface area contributed by atoms with E-state index in [1.54, 1.807) is 0 Å². The fourth-order valence-electron chi connectivity index (χ4n) is 2.00. The molecule has 0 aliphatic rings. The molecule has 0 unspecified atom stereocenters. The maximum absolute atomic E-state index is 4.54. The Kier molecular flexibility index (Phi) is 5.34. The van der Waals surface area contributed by atoms with Crippen molar-refractivity contribution < 1.29 is 0 Å². The fourth-order valence-corrected chi connectivity index (χ4v) is 2.40. The molecule has 3 nitrogen and oxygen atoms in total. The van der Waals surface area contributed by atoms with E-state index in [9.17, 15) is 0 Å². The van der Waals surface area contributed by atoms with E-state index in [1.807, 2.05) is 6.07 Å². The summed E-state index contributed by atoms with van der Waals surface area (Å²) in [4.78, 5) is 8.93. The molecule has 0 spiro atoms. The highest BCUT2D eigenvalue weighted by molar-refractivity contribution is 9.10. The topological polar surface area (TPSA) is 37.8 Å². The van der Waals surface area contributed by atoms with Gasteiger partial charge in [-0.1, -0.05) is 52.0 Å². The van der Waals surface area contributed by atoms with E-state index >= 15 is 0 Å². The normalized spacial score (nSPS) is 11.2. The van der Waals surface area contributed by atoms with Crippen molar-refractivity contribution in [3.63, 3.8) is 0 Å². The van der Waals surface area contributed by atoms with Crippen LogP contribution in [0.1, 0.15) is 56.5 Å². The standard InChI is InChI=1S/C17H22BrN3/c1-11(2)14-7-5-13(6-8-14)10-19-16-9-15(18)20-17(21-16)12(3)4/h5-9,11-12H,10H2,1-4H3,(H,19,20,21). The number of hydrogen-bond donors (Lipinski definition) is 1. The maximum Gasteiger partial charge on any atom is 0.134 e. The molecule has 2 aromatic rings. The van der Waals surface area contributed by atoms with Gasteiger partial charge in [-0.05, 0) is 33.0 Å². The first-order valence-corrected chi connectivity index (χ1v) is 8.12. The molecule has 0 aliphatic heterocycles. The number of benzene rings is 1. The molecule has 2 rings (SSSR count). The molecule has 1 aromatic heterocycles. The highest BCUT2D eigenvalue weighted by Gasteiger charge is 2.07. The minimum Gasteiger partial charge on any atom is -0.366 e. The quantitative estimate of drug-likeness (QED) is 0.764. The van der Waals surface area contributed by atoms with Gasteiger partial charge < -0.3 is 5.32 Å². The predicted octanol–water partition coefficient (Wildman–Crippen LogP) is 5.10. The van der Waals surface area contributed by atoms with Crippen molar-refractivity contribution in [1.82, 2.24) is 9.97 Å². The molecule has 0 aliphatic carbocycles. The minimum absolute atomic E-state index is 0.313. The Labute approximate surface area is 135 Å². The number of nitrogens with one attached hydrogen (secondary N) is 1. The number of hydrogen-bond acceptors (Lipinski definition) is 3. The van der Waals surface area contributed by atoms with E-state index in [1.165, 1.54) is 11.1 Å². The second kappa shape index (κ2) is 7.03. The van der Waals surface area contributed by atoms with Gasteiger partial charge in [0.15, 0.2) is 0 Å². The molecule has 0 bridgehead atoms. The third kappa shape index (κ3) is 4.53. The summed E-state index contributed by atoms with van der Waals surface area (Å²) < 4.78 is 0.818. The zero-order chi connectivity index (χ0) is 15.4. The van der Waals surface area contributed by atoms with Crippen molar-refractivity contribution in [2.45, 2.75) is 46.1 Å². The second-order valence-corrected chi connectivity index (χ2v) is 6.65. The van der Waals surface area contributed by atoms with Crippen molar-refractivity contribution in [2.24, 2.45) is 0 Å². The van der Waals surface area contributed by atoms with Crippen LogP contribution in [0.25, 0.3) is 0 Å². The monoisotopic (exact) mass is 347 g/mol. The summed E-state index contributed by atoms with van der Waals surface area (Å²) in [6.07, 6.45) is 0. The van der Waals surface area contributed by atoms with Crippen molar-refractivity contribution >= 4 is 21.7 Å². The van der Waals surface area contributed by atoms with Crippen LogP contribution < -0.4 is 5.32 Å². The Balaban J connectivity index is 2.05. The summed E-state index contributed by atoms with van der Waals surface area (Å²) in [7, 11) is 0. The van der Waals surface area contributed by atoms with Gasteiger partial charge in [0.2, 0.25) is 0 Å². The molecule has 1 N–H and O–H groups in total. The third-order valence-electron chi connectivity index (χ3n) is 3.35. The van der Waals surface area contributed by atoms with Crippen molar-refractivity contribution in [3.8, 4) is 0 Å². The highest BCUT2D eigenvalue weighted by Crippen LogP contribution is 2.19. The molecule has 0 amide bonds. The smallest absolute Gasteiger partial charge is 0.134 e. The Hall–Kier alpha value is -1.42. The van der Waals surface area contributed by atoms with E-state index in [2.05, 4.69) is 83.2 Å². The van der Waals surface area contributed by atoms with Crippen LogP contribution in [0.3, 0.4) is 0 Å². The third-order valence-corrected chi connectivity index (χ3v) is 3.75. The molecule has 0 saturated heterocycles. The van der Waals surface area contributed by atoms with Gasteiger partial charge in [-0.3, -0.25) is 0 Å². The summed E-state index contributed by atoms with van der Waals surface area (Å²) >= 11 is 3.44. The van der Waals surface area contributed by atoms with E-state index in [0.29, 0.717) is 11.8 Å². The zero-order valence-corrected chi connectivity index (χ0v) is 14.6. The van der Waals surface area contributed by atoms with E-state index < -0.39 is 0 Å². The first kappa shape index (κ1) is 16.0. The Bertz CT molecular complexity index is 591. The second-order valence-electron chi connectivity index (χ2n) is 5.84. The van der Waals surface area contributed by atoms with Crippen LogP contribution in [-0.2, 0) is 6.54 Å². The lowest BCUT2D eigenvalue weighted by Crippen LogP contribution is -2.06. The van der Waals surface area contributed by atoms with Gasteiger partial charge in [-0.15, -0.1) is 0 Å². The number of halogens is 1. The first-order valence-electron chi connectivity index (χ1n) is 7.33. The van der Waals surface area contributed by atoms with E-state index in [0.717, 1.165) is 22.8 Å². The summed E-state index contributed by atoms with van der Waals surface area (Å²) in [5, 5.41) is 3.36. The SMILES string of the molecule is CC(C)c1ccc(CNc2cc(Br)nc(C(C)C)n2)cc1. The van der Waals surface area contributed by atoms with Crippen LogP contribution in [-0.4, -0.2) is 9.97 Å². The summed E-state index contributed by atoms with van der Waals surface area (Å²) in [5.41, 5.74) is 2.62. The minimum atomic E-state index is 0.313. The zero-order valence-electron chi connectivity index (χ0n) is 13.0. The molecular weight excluding hydrogens is 326 g/mol. The molecule has 0 saturated carbocycles. The molecule has 4 heteroatoms. The summed E-state index contributed by atoms with van der Waals surface area (Å²) in [6, 6.07) is 10.6. The van der Waals surface area contributed by atoms with Gasteiger partial charge in [0.25, 0.3) is 0 Å². The van der Waals surface area contributed by atoms with E-state index in [4.69, 9.17) is 0 Å². The fraction of sp³-hybridized carbons (Fsp3) is 0.412. The molecule has 0 radical (unpaired) electrons. The lowest BCUT2D eigenvalue weighted by atomic mass is 10.0. The summed E-state index contributed by atoms with van der Waals surface area (Å²) in [5.74, 6) is 2.59. The van der Waals surface area contributed by atoms with Gasteiger partial charge in [-0.2, -0.15) is 0 Å². The maximum atomic E-state index is 4.54. The Morgan fingerprint density at radius 2 is 1.67 bits per heavy atom. The average Bonchev–Trinajstić information content (AvgIpc) is 2.45. The molecule has 0 atom stereocenters. The van der Waals surface area contributed by atoms with Crippen molar-refractivity contribution in [2.75, 3.05) is 5.32 Å². The van der Waals surface area contributed by atoms with Crippen LogP contribution >= 0.6 is 15.9 Å². The van der Waals surface area contributed by atoms with Gasteiger partial charge in [-0.25, -0.2) is 9.97 Å². The van der Waals surface area contributed by atoms with Crippen molar-refractivity contribution in [3.05, 3.63) is 51.9 Å². The van der Waals surface area contributed by atoms with Crippen LogP contribution in [0, 0.1) is 0 Å². The van der Waals surface area contributed by atoms with Crippen molar-refractivity contribution in [1.29, 1.82) is 0 Å². The van der Waals surface area contributed by atoms with Crippen LogP contribution in [0.4, 0.5) is 5.82 Å². The summed E-state index contributed by atoms with van der Waals surface area (Å²) in [6.45, 7) is 9.37. The molecule has 112 valence electrons. The number of nitrogens with zero attached hydrogens (tertiary/aromatic N) is 2. The van der Waals surface area contributed by atoms with Gasteiger partial charge in [0.05, 0.1) is 0 Å². The largest absolute Gasteiger partial charge is 0.366 e. The lowest BCUT2D eigenvalue weighted by Gasteiger charge is -2.11. The number of aromatic nitrogens is 2. The lowest BCUT2D eigenvalue weighted by molar-refractivity contribution is 0.769. The first-order chi connectivity index (χ1) is 9.95. The number of rotatable bonds is 5. The molecule has 21 heavy (non-hydrogen) atoms. The highest BCUT2D eigenvalue weighted by atomic mass is 79.9. The number of anilines is 1. The Morgan fingerprint density at radius 3 is 2.24 bits per heavy atom. The van der Waals surface area contributed by atoms with Gasteiger partial charge in [0.1, 0.15) is 16.2 Å². The average molecular weight is 348 g/mol. The molecule has 0 fully saturated rings. The van der Waals surface area contributed by atoms with Gasteiger partial charge in [0, 0.05) is 18.5 Å². The van der Waals surface area contributed by atoms with Crippen LogP contribution in [0.15, 0.2) is 34.9 Å². The van der Waals surface area contributed by atoms with Crippen LogP contribution in [0.5, 0.6) is 0 Å². The molecule has 1 aromatic carbocycles.